The Labute approximate surface area is 113 Å². The van der Waals surface area contributed by atoms with E-state index in [0.717, 1.165) is 0 Å². The molecule has 106 valence electrons. The number of carbonyl (C=O) groups excluding carboxylic acids is 2. The topological polar surface area (TPSA) is 147 Å². The third-order valence-corrected chi connectivity index (χ3v) is 2.41. The molecule has 0 saturated carbocycles. The van der Waals surface area contributed by atoms with Crippen molar-refractivity contribution >= 4 is 23.8 Å². The zero-order valence-electron chi connectivity index (χ0n) is 10.2. The summed E-state index contributed by atoms with van der Waals surface area (Å²) in [5.74, 6) is -4.21. The zero-order valence-corrected chi connectivity index (χ0v) is 10.2. The third-order valence-electron chi connectivity index (χ3n) is 2.41. The van der Waals surface area contributed by atoms with E-state index in [1.165, 1.54) is 24.3 Å². The van der Waals surface area contributed by atoms with Gasteiger partial charge in [-0.25, -0.2) is 4.79 Å². The molecule has 0 spiro atoms. The molecule has 0 heterocycles. The minimum Gasteiger partial charge on any atom is -0.481 e. The van der Waals surface area contributed by atoms with E-state index in [2.05, 4.69) is 5.32 Å². The van der Waals surface area contributed by atoms with Gasteiger partial charge in [0.2, 0.25) is 5.91 Å². The number of hydrogen-bond donors (Lipinski definition) is 4. The number of aliphatic carboxylic acids is 2. The number of rotatable bonds is 6. The summed E-state index contributed by atoms with van der Waals surface area (Å²) in [4.78, 5) is 43.9. The zero-order chi connectivity index (χ0) is 15.3. The van der Waals surface area contributed by atoms with Gasteiger partial charge in [0.25, 0.3) is 5.91 Å². The predicted octanol–water partition coefficient (Wildman–Crippen LogP) is -0.557. The van der Waals surface area contributed by atoms with Crippen LogP contribution in [0.3, 0.4) is 0 Å². The summed E-state index contributed by atoms with van der Waals surface area (Å²) in [5.41, 5.74) is 5.32. The maximum atomic E-state index is 11.7. The quantitative estimate of drug-likeness (QED) is 0.549. The van der Waals surface area contributed by atoms with E-state index in [4.69, 9.17) is 15.9 Å². The molecule has 1 unspecified atom stereocenters. The highest BCUT2D eigenvalue weighted by molar-refractivity contribution is 5.99. The number of primary amides is 1. The van der Waals surface area contributed by atoms with Crippen LogP contribution in [0.25, 0.3) is 0 Å². The molecular formula is C12H12N2O6. The fourth-order valence-corrected chi connectivity index (χ4v) is 1.40. The van der Waals surface area contributed by atoms with Crippen LogP contribution in [0.4, 0.5) is 0 Å². The van der Waals surface area contributed by atoms with Gasteiger partial charge in [-0.15, -0.1) is 0 Å². The van der Waals surface area contributed by atoms with Gasteiger partial charge in [-0.05, 0) is 24.3 Å². The maximum Gasteiger partial charge on any atom is 0.326 e. The van der Waals surface area contributed by atoms with Crippen molar-refractivity contribution in [1.82, 2.24) is 5.32 Å². The molecule has 0 aliphatic rings. The van der Waals surface area contributed by atoms with Gasteiger partial charge in [0.15, 0.2) is 0 Å². The first-order valence-electron chi connectivity index (χ1n) is 5.46. The fraction of sp³-hybridized carbons (Fsp3) is 0.167. The second-order valence-electron chi connectivity index (χ2n) is 3.90. The van der Waals surface area contributed by atoms with Gasteiger partial charge in [-0.1, -0.05) is 0 Å². The van der Waals surface area contributed by atoms with Crippen LogP contribution in [0.2, 0.25) is 0 Å². The van der Waals surface area contributed by atoms with Gasteiger partial charge < -0.3 is 21.3 Å². The highest BCUT2D eigenvalue weighted by atomic mass is 16.4. The smallest absolute Gasteiger partial charge is 0.326 e. The number of amides is 2. The van der Waals surface area contributed by atoms with E-state index in [-0.39, 0.29) is 11.1 Å². The minimum atomic E-state index is -1.53. The molecule has 0 aliphatic heterocycles. The Morgan fingerprint density at radius 1 is 1.05 bits per heavy atom. The van der Waals surface area contributed by atoms with Crippen molar-refractivity contribution in [3.05, 3.63) is 35.4 Å². The van der Waals surface area contributed by atoms with Crippen molar-refractivity contribution in [1.29, 1.82) is 0 Å². The number of carboxylic acids is 2. The van der Waals surface area contributed by atoms with Crippen LogP contribution in [0.15, 0.2) is 24.3 Å². The van der Waals surface area contributed by atoms with Crippen molar-refractivity contribution in [2.45, 2.75) is 12.5 Å². The third kappa shape index (κ3) is 4.09. The summed E-state index contributed by atoms with van der Waals surface area (Å²) in [6.45, 7) is 0. The van der Waals surface area contributed by atoms with Crippen LogP contribution >= 0.6 is 0 Å². The normalized spacial score (nSPS) is 11.4. The van der Waals surface area contributed by atoms with Gasteiger partial charge in [-0.2, -0.15) is 0 Å². The van der Waals surface area contributed by atoms with Gasteiger partial charge in [-0.3, -0.25) is 14.4 Å². The highest BCUT2D eigenvalue weighted by Gasteiger charge is 2.23. The van der Waals surface area contributed by atoms with E-state index in [0.29, 0.717) is 0 Å². The van der Waals surface area contributed by atoms with Gasteiger partial charge in [0.05, 0.1) is 6.42 Å². The van der Waals surface area contributed by atoms with E-state index >= 15 is 0 Å². The van der Waals surface area contributed by atoms with E-state index < -0.39 is 36.2 Å². The molecule has 1 atom stereocenters. The van der Waals surface area contributed by atoms with Crippen molar-refractivity contribution in [2.24, 2.45) is 5.73 Å². The molecule has 0 aromatic heterocycles. The number of nitrogens with two attached hydrogens (primary N) is 1. The standard InChI is InChI=1S/C12H12N2O6/c13-10(17)6-1-3-7(4-2-6)11(18)14-8(12(19)20)5-9(15)16/h1-4,8H,5H2,(H2,13,17)(H,14,18)(H,15,16)(H,19,20). The number of carboxylic acid groups (broad SMARTS) is 2. The summed E-state index contributed by atoms with van der Waals surface area (Å²) < 4.78 is 0. The number of carbonyl (C=O) groups is 4. The van der Waals surface area contributed by atoms with Crippen LogP contribution in [0, 0.1) is 0 Å². The Balaban J connectivity index is 2.80. The largest absolute Gasteiger partial charge is 0.481 e. The molecule has 20 heavy (non-hydrogen) atoms. The van der Waals surface area contributed by atoms with Crippen LogP contribution in [-0.4, -0.2) is 40.0 Å². The Kier molecular flexibility index (Phi) is 4.79. The van der Waals surface area contributed by atoms with Crippen LogP contribution in [0.1, 0.15) is 27.1 Å². The number of benzene rings is 1. The van der Waals surface area contributed by atoms with Crippen LogP contribution in [0.5, 0.6) is 0 Å². The molecule has 1 aromatic carbocycles. The molecule has 8 nitrogen and oxygen atoms in total. The predicted molar refractivity (Wildman–Crippen MR) is 66.1 cm³/mol. The molecule has 0 fully saturated rings. The first-order valence-corrected chi connectivity index (χ1v) is 5.46. The SMILES string of the molecule is NC(=O)c1ccc(C(=O)NC(CC(=O)O)C(=O)O)cc1. The lowest BCUT2D eigenvalue weighted by molar-refractivity contribution is -0.145. The van der Waals surface area contributed by atoms with Crippen LogP contribution < -0.4 is 11.1 Å². The lowest BCUT2D eigenvalue weighted by atomic mass is 10.1. The molecule has 1 rings (SSSR count). The average molecular weight is 280 g/mol. The van der Waals surface area contributed by atoms with Gasteiger partial charge in [0, 0.05) is 11.1 Å². The molecule has 0 aliphatic carbocycles. The number of nitrogens with one attached hydrogen (secondary N) is 1. The molecule has 0 radical (unpaired) electrons. The first-order chi connectivity index (χ1) is 9.31. The second-order valence-corrected chi connectivity index (χ2v) is 3.90. The number of hydrogen-bond acceptors (Lipinski definition) is 4. The van der Waals surface area contributed by atoms with E-state index in [1.54, 1.807) is 0 Å². The van der Waals surface area contributed by atoms with E-state index in [1.807, 2.05) is 0 Å². The summed E-state index contributed by atoms with van der Waals surface area (Å²) in [5, 5.41) is 19.4. The first kappa shape index (κ1) is 15.2. The van der Waals surface area contributed by atoms with Gasteiger partial charge >= 0.3 is 11.9 Å². The monoisotopic (exact) mass is 280 g/mol. The molecular weight excluding hydrogens is 268 g/mol. The molecule has 0 bridgehead atoms. The lowest BCUT2D eigenvalue weighted by Gasteiger charge is -2.12. The Bertz CT molecular complexity index is 552. The average Bonchev–Trinajstić information content (AvgIpc) is 2.37. The van der Waals surface area contributed by atoms with Crippen molar-refractivity contribution in [2.75, 3.05) is 0 Å². The molecule has 5 N–H and O–H groups in total. The Morgan fingerprint density at radius 2 is 1.55 bits per heavy atom. The fourth-order valence-electron chi connectivity index (χ4n) is 1.40. The molecule has 1 aromatic rings. The lowest BCUT2D eigenvalue weighted by Crippen LogP contribution is -2.42. The Morgan fingerprint density at radius 3 is 1.95 bits per heavy atom. The highest BCUT2D eigenvalue weighted by Crippen LogP contribution is 2.05. The maximum absolute atomic E-state index is 11.7. The molecule has 2 amide bonds. The van der Waals surface area contributed by atoms with Crippen molar-refractivity contribution in [3.63, 3.8) is 0 Å². The minimum absolute atomic E-state index is 0.0895. The second kappa shape index (κ2) is 6.32. The summed E-state index contributed by atoms with van der Waals surface area (Å²) in [6.07, 6.45) is -0.736. The summed E-state index contributed by atoms with van der Waals surface area (Å²) >= 11 is 0. The summed E-state index contributed by atoms with van der Waals surface area (Å²) in [7, 11) is 0. The van der Waals surface area contributed by atoms with Gasteiger partial charge in [0.1, 0.15) is 6.04 Å². The van der Waals surface area contributed by atoms with Crippen molar-refractivity contribution in [3.8, 4) is 0 Å². The molecule has 8 heteroatoms. The molecule has 0 saturated heterocycles. The van der Waals surface area contributed by atoms with E-state index in [9.17, 15) is 19.2 Å². The summed E-state index contributed by atoms with van der Waals surface area (Å²) in [6, 6.07) is 3.66. The van der Waals surface area contributed by atoms with Crippen LogP contribution in [-0.2, 0) is 9.59 Å². The Hall–Kier alpha value is -2.90. The van der Waals surface area contributed by atoms with Crippen molar-refractivity contribution < 1.29 is 29.4 Å².